The SMILES string of the molecule is c1ccc(Cc2cccc(NCc3ccccn3)c2)cc1. The monoisotopic (exact) mass is 274 g/mol. The van der Waals surface area contributed by atoms with Gasteiger partial charge in [0, 0.05) is 11.9 Å². The van der Waals surface area contributed by atoms with Crippen LogP contribution < -0.4 is 5.32 Å². The minimum absolute atomic E-state index is 0.746. The second-order valence-electron chi connectivity index (χ2n) is 5.04. The Hall–Kier alpha value is -2.61. The molecule has 0 saturated heterocycles. The van der Waals surface area contributed by atoms with Gasteiger partial charge in [0.05, 0.1) is 12.2 Å². The highest BCUT2D eigenvalue weighted by Gasteiger charge is 1.99. The van der Waals surface area contributed by atoms with Crippen LogP contribution in [0.25, 0.3) is 0 Å². The van der Waals surface area contributed by atoms with Gasteiger partial charge >= 0.3 is 0 Å². The van der Waals surface area contributed by atoms with Crippen LogP contribution in [-0.4, -0.2) is 4.98 Å². The van der Waals surface area contributed by atoms with Gasteiger partial charge in [0.1, 0.15) is 0 Å². The lowest BCUT2D eigenvalue weighted by Crippen LogP contribution is -2.01. The van der Waals surface area contributed by atoms with Gasteiger partial charge in [-0.05, 0) is 41.8 Å². The van der Waals surface area contributed by atoms with Crippen LogP contribution in [0.15, 0.2) is 79.0 Å². The van der Waals surface area contributed by atoms with Crippen LogP contribution >= 0.6 is 0 Å². The fourth-order valence-corrected chi connectivity index (χ4v) is 2.32. The number of benzene rings is 2. The van der Waals surface area contributed by atoms with Gasteiger partial charge in [0.2, 0.25) is 0 Å². The Morgan fingerprint density at radius 1 is 0.762 bits per heavy atom. The molecule has 104 valence electrons. The number of aromatic nitrogens is 1. The molecule has 0 aliphatic carbocycles. The second kappa shape index (κ2) is 6.71. The number of nitrogens with one attached hydrogen (secondary N) is 1. The van der Waals surface area contributed by atoms with Gasteiger partial charge in [-0.15, -0.1) is 0 Å². The first-order valence-electron chi connectivity index (χ1n) is 7.17. The van der Waals surface area contributed by atoms with Crippen LogP contribution in [0.5, 0.6) is 0 Å². The van der Waals surface area contributed by atoms with E-state index in [2.05, 4.69) is 58.8 Å². The summed E-state index contributed by atoms with van der Waals surface area (Å²) in [7, 11) is 0. The Morgan fingerprint density at radius 3 is 2.38 bits per heavy atom. The highest BCUT2D eigenvalue weighted by molar-refractivity contribution is 5.47. The lowest BCUT2D eigenvalue weighted by Gasteiger charge is -2.08. The molecule has 0 aliphatic heterocycles. The summed E-state index contributed by atoms with van der Waals surface area (Å²) in [6.07, 6.45) is 2.78. The molecule has 0 atom stereocenters. The van der Waals surface area contributed by atoms with Crippen molar-refractivity contribution in [1.82, 2.24) is 4.98 Å². The smallest absolute Gasteiger partial charge is 0.0594 e. The summed E-state index contributed by atoms with van der Waals surface area (Å²) < 4.78 is 0. The van der Waals surface area contributed by atoms with Gasteiger partial charge in [-0.25, -0.2) is 0 Å². The van der Waals surface area contributed by atoms with E-state index in [0.717, 1.165) is 24.3 Å². The minimum atomic E-state index is 0.746. The summed E-state index contributed by atoms with van der Waals surface area (Å²) >= 11 is 0. The van der Waals surface area contributed by atoms with Gasteiger partial charge in [-0.1, -0.05) is 48.5 Å². The van der Waals surface area contributed by atoms with Crippen LogP contribution in [0.2, 0.25) is 0 Å². The molecule has 1 aromatic heterocycles. The van der Waals surface area contributed by atoms with Crippen molar-refractivity contribution in [2.75, 3.05) is 5.32 Å². The highest BCUT2D eigenvalue weighted by atomic mass is 14.9. The number of hydrogen-bond acceptors (Lipinski definition) is 2. The Kier molecular flexibility index (Phi) is 4.27. The van der Waals surface area contributed by atoms with E-state index >= 15 is 0 Å². The Balaban J connectivity index is 1.66. The first-order valence-corrected chi connectivity index (χ1v) is 7.17. The lowest BCUT2D eigenvalue weighted by atomic mass is 10.0. The summed E-state index contributed by atoms with van der Waals surface area (Å²) in [6, 6.07) is 25.1. The normalized spacial score (nSPS) is 10.3. The predicted octanol–water partition coefficient (Wildman–Crippen LogP) is 4.28. The molecule has 0 saturated carbocycles. The van der Waals surface area contributed by atoms with Crippen LogP contribution in [-0.2, 0) is 13.0 Å². The molecule has 3 aromatic rings. The van der Waals surface area contributed by atoms with E-state index in [1.165, 1.54) is 11.1 Å². The standard InChI is InChI=1S/C19H18N2/c1-2-7-16(8-3-1)13-17-9-6-11-18(14-17)21-15-19-10-4-5-12-20-19/h1-12,14,21H,13,15H2. The molecular weight excluding hydrogens is 256 g/mol. The molecule has 3 rings (SSSR count). The van der Waals surface area contributed by atoms with E-state index in [1.807, 2.05) is 30.5 Å². The Bertz CT molecular complexity index is 678. The molecule has 0 radical (unpaired) electrons. The largest absolute Gasteiger partial charge is 0.379 e. The molecular formula is C19H18N2. The average Bonchev–Trinajstić information content (AvgIpc) is 2.55. The first kappa shape index (κ1) is 13.4. The molecule has 0 unspecified atom stereocenters. The third-order valence-corrected chi connectivity index (χ3v) is 3.38. The molecule has 1 N–H and O–H groups in total. The van der Waals surface area contributed by atoms with Crippen LogP contribution in [0.1, 0.15) is 16.8 Å². The topological polar surface area (TPSA) is 24.9 Å². The maximum Gasteiger partial charge on any atom is 0.0594 e. The maximum atomic E-state index is 4.32. The quantitative estimate of drug-likeness (QED) is 0.751. The third kappa shape index (κ3) is 3.93. The molecule has 0 bridgehead atoms. The van der Waals surface area contributed by atoms with E-state index in [4.69, 9.17) is 0 Å². The molecule has 2 nitrogen and oxygen atoms in total. The first-order chi connectivity index (χ1) is 10.4. The van der Waals surface area contributed by atoms with Gasteiger partial charge in [-0.3, -0.25) is 4.98 Å². The van der Waals surface area contributed by atoms with E-state index in [-0.39, 0.29) is 0 Å². The minimum Gasteiger partial charge on any atom is -0.379 e. The van der Waals surface area contributed by atoms with E-state index in [9.17, 15) is 0 Å². The highest BCUT2D eigenvalue weighted by Crippen LogP contribution is 2.15. The third-order valence-electron chi connectivity index (χ3n) is 3.38. The zero-order valence-electron chi connectivity index (χ0n) is 11.9. The molecule has 2 aromatic carbocycles. The van der Waals surface area contributed by atoms with Crippen LogP contribution in [0.4, 0.5) is 5.69 Å². The van der Waals surface area contributed by atoms with Crippen LogP contribution in [0, 0.1) is 0 Å². The van der Waals surface area contributed by atoms with E-state index in [1.54, 1.807) is 0 Å². The zero-order chi connectivity index (χ0) is 14.3. The number of anilines is 1. The van der Waals surface area contributed by atoms with E-state index < -0.39 is 0 Å². The molecule has 1 heterocycles. The van der Waals surface area contributed by atoms with Crippen molar-refractivity contribution in [3.05, 3.63) is 95.8 Å². The fraction of sp³-hybridized carbons (Fsp3) is 0.105. The summed E-state index contributed by atoms with van der Waals surface area (Å²) in [5, 5.41) is 3.42. The van der Waals surface area contributed by atoms with Crippen molar-refractivity contribution in [3.63, 3.8) is 0 Å². The van der Waals surface area contributed by atoms with Gasteiger partial charge < -0.3 is 5.32 Å². The van der Waals surface area contributed by atoms with Crippen LogP contribution in [0.3, 0.4) is 0 Å². The van der Waals surface area contributed by atoms with Gasteiger partial charge in [0.25, 0.3) is 0 Å². The number of rotatable bonds is 5. The van der Waals surface area contributed by atoms with Crippen molar-refractivity contribution in [2.45, 2.75) is 13.0 Å². The number of hydrogen-bond donors (Lipinski definition) is 1. The fourth-order valence-electron chi connectivity index (χ4n) is 2.32. The molecule has 0 fully saturated rings. The molecule has 0 amide bonds. The Morgan fingerprint density at radius 2 is 1.57 bits per heavy atom. The summed E-state index contributed by atoms with van der Waals surface area (Å²) in [4.78, 5) is 4.32. The van der Waals surface area contributed by atoms with Crippen molar-refractivity contribution in [3.8, 4) is 0 Å². The zero-order valence-corrected chi connectivity index (χ0v) is 11.9. The van der Waals surface area contributed by atoms with Crippen molar-refractivity contribution < 1.29 is 0 Å². The van der Waals surface area contributed by atoms with Crippen molar-refractivity contribution in [1.29, 1.82) is 0 Å². The molecule has 0 spiro atoms. The lowest BCUT2D eigenvalue weighted by molar-refractivity contribution is 1.04. The van der Waals surface area contributed by atoms with Crippen molar-refractivity contribution in [2.24, 2.45) is 0 Å². The number of nitrogens with zero attached hydrogens (tertiary/aromatic N) is 1. The van der Waals surface area contributed by atoms with E-state index in [0.29, 0.717) is 0 Å². The average molecular weight is 274 g/mol. The summed E-state index contributed by atoms with van der Waals surface area (Å²) in [5.41, 5.74) is 4.83. The molecule has 0 aliphatic rings. The molecule has 2 heteroatoms. The Labute approximate surface area is 125 Å². The maximum absolute atomic E-state index is 4.32. The summed E-state index contributed by atoms with van der Waals surface area (Å²) in [6.45, 7) is 0.746. The molecule has 21 heavy (non-hydrogen) atoms. The number of pyridine rings is 1. The summed E-state index contributed by atoms with van der Waals surface area (Å²) in [5.74, 6) is 0. The van der Waals surface area contributed by atoms with Gasteiger partial charge in [0.15, 0.2) is 0 Å². The second-order valence-corrected chi connectivity index (χ2v) is 5.04. The van der Waals surface area contributed by atoms with Gasteiger partial charge in [-0.2, -0.15) is 0 Å². The predicted molar refractivity (Wildman–Crippen MR) is 87.3 cm³/mol. The van der Waals surface area contributed by atoms with Crippen molar-refractivity contribution >= 4 is 5.69 Å².